The molecule has 1 aliphatic rings. The number of hydrogen-bond donors (Lipinski definition) is 2. The zero-order valence-electron chi connectivity index (χ0n) is 14.7. The SMILES string of the molecule is CC(CC(=O)Nc1nnc(Cc2ccccc2F)s1)C1CCNCC1.Cl. The molecule has 0 radical (unpaired) electrons. The number of nitrogens with zero attached hydrogens (tertiary/aromatic N) is 2. The first-order valence-electron chi connectivity index (χ1n) is 8.68. The van der Waals surface area contributed by atoms with Crippen LogP contribution < -0.4 is 10.6 Å². The number of halogens is 2. The number of hydrogen-bond acceptors (Lipinski definition) is 5. The van der Waals surface area contributed by atoms with E-state index in [1.54, 1.807) is 18.2 Å². The molecule has 1 saturated heterocycles. The van der Waals surface area contributed by atoms with Crippen molar-refractivity contribution in [2.24, 2.45) is 11.8 Å². The average molecular weight is 399 g/mol. The Bertz CT molecular complexity index is 721. The fourth-order valence-electron chi connectivity index (χ4n) is 3.22. The Hall–Kier alpha value is -1.57. The molecule has 3 rings (SSSR count). The molecule has 2 aromatic rings. The Morgan fingerprint density at radius 3 is 2.81 bits per heavy atom. The summed E-state index contributed by atoms with van der Waals surface area (Å²) in [6, 6.07) is 6.62. The Morgan fingerprint density at radius 2 is 2.08 bits per heavy atom. The third-order valence-electron chi connectivity index (χ3n) is 4.71. The van der Waals surface area contributed by atoms with Gasteiger partial charge in [0.2, 0.25) is 11.0 Å². The summed E-state index contributed by atoms with van der Waals surface area (Å²) < 4.78 is 13.7. The molecule has 0 saturated carbocycles. The van der Waals surface area contributed by atoms with Crippen LogP contribution in [0.3, 0.4) is 0 Å². The predicted octanol–water partition coefficient (Wildman–Crippen LogP) is 3.65. The number of rotatable bonds is 6. The van der Waals surface area contributed by atoms with Crippen molar-refractivity contribution < 1.29 is 9.18 Å². The second kappa shape index (κ2) is 9.94. The lowest BCUT2D eigenvalue weighted by atomic mass is 9.84. The van der Waals surface area contributed by atoms with E-state index in [9.17, 15) is 9.18 Å². The fraction of sp³-hybridized carbons (Fsp3) is 0.500. The van der Waals surface area contributed by atoms with Gasteiger partial charge in [-0.3, -0.25) is 4.79 Å². The minimum Gasteiger partial charge on any atom is -0.317 e. The van der Waals surface area contributed by atoms with Gasteiger partial charge in [0.15, 0.2) is 0 Å². The van der Waals surface area contributed by atoms with Gasteiger partial charge in [-0.25, -0.2) is 4.39 Å². The third-order valence-corrected chi connectivity index (χ3v) is 5.55. The molecule has 1 atom stereocenters. The minimum atomic E-state index is -0.251. The van der Waals surface area contributed by atoms with Crippen LogP contribution in [0.2, 0.25) is 0 Å². The van der Waals surface area contributed by atoms with Gasteiger partial charge in [-0.15, -0.1) is 22.6 Å². The van der Waals surface area contributed by atoms with Crippen molar-refractivity contribution in [3.8, 4) is 0 Å². The highest BCUT2D eigenvalue weighted by Gasteiger charge is 2.22. The van der Waals surface area contributed by atoms with Gasteiger partial charge in [-0.05, 0) is 49.4 Å². The van der Waals surface area contributed by atoms with Gasteiger partial charge in [0, 0.05) is 12.8 Å². The van der Waals surface area contributed by atoms with E-state index in [4.69, 9.17) is 0 Å². The summed E-state index contributed by atoms with van der Waals surface area (Å²) in [5, 5.41) is 15.4. The van der Waals surface area contributed by atoms with Gasteiger partial charge in [0.25, 0.3) is 0 Å². The van der Waals surface area contributed by atoms with Crippen LogP contribution in [-0.2, 0) is 11.2 Å². The minimum absolute atomic E-state index is 0. The zero-order valence-corrected chi connectivity index (χ0v) is 16.3. The average Bonchev–Trinajstić information content (AvgIpc) is 3.04. The molecule has 1 fully saturated rings. The molecule has 2 N–H and O–H groups in total. The van der Waals surface area contributed by atoms with Gasteiger partial charge in [0.1, 0.15) is 10.8 Å². The number of nitrogens with one attached hydrogen (secondary N) is 2. The lowest BCUT2D eigenvalue weighted by Crippen LogP contribution is -2.32. The Kier molecular flexibility index (Phi) is 7.93. The van der Waals surface area contributed by atoms with Crippen LogP contribution in [0, 0.1) is 17.7 Å². The number of amides is 1. The molecule has 2 heterocycles. The summed E-state index contributed by atoms with van der Waals surface area (Å²) in [5.41, 5.74) is 0.580. The molecule has 0 spiro atoms. The monoisotopic (exact) mass is 398 g/mol. The number of carbonyl (C=O) groups excluding carboxylic acids is 1. The molecule has 1 amide bonds. The highest BCUT2D eigenvalue weighted by molar-refractivity contribution is 7.15. The summed E-state index contributed by atoms with van der Waals surface area (Å²) in [4.78, 5) is 12.2. The highest BCUT2D eigenvalue weighted by Crippen LogP contribution is 2.25. The topological polar surface area (TPSA) is 66.9 Å². The van der Waals surface area contributed by atoms with E-state index in [1.165, 1.54) is 17.4 Å². The molecular weight excluding hydrogens is 375 g/mol. The lowest BCUT2D eigenvalue weighted by molar-refractivity contribution is -0.117. The maximum absolute atomic E-state index is 13.7. The second-order valence-corrected chi connectivity index (χ2v) is 7.65. The van der Waals surface area contributed by atoms with Crippen molar-refractivity contribution in [3.05, 3.63) is 40.7 Å². The molecule has 1 aliphatic heterocycles. The first kappa shape index (κ1) is 20.7. The van der Waals surface area contributed by atoms with E-state index in [0.717, 1.165) is 25.9 Å². The Morgan fingerprint density at radius 1 is 1.35 bits per heavy atom. The summed E-state index contributed by atoms with van der Waals surface area (Å²) >= 11 is 1.30. The largest absolute Gasteiger partial charge is 0.317 e. The molecule has 26 heavy (non-hydrogen) atoms. The molecular formula is C18H24ClFN4OS. The maximum atomic E-state index is 13.7. The molecule has 1 aromatic carbocycles. The smallest absolute Gasteiger partial charge is 0.226 e. The van der Waals surface area contributed by atoms with Gasteiger partial charge in [-0.2, -0.15) is 0 Å². The van der Waals surface area contributed by atoms with Crippen LogP contribution in [-0.4, -0.2) is 29.2 Å². The summed E-state index contributed by atoms with van der Waals surface area (Å²) in [7, 11) is 0. The van der Waals surface area contributed by atoms with E-state index >= 15 is 0 Å². The first-order chi connectivity index (χ1) is 12.1. The standard InChI is InChI=1S/C18H23FN4OS.ClH/c1-12(13-6-8-20-9-7-13)10-16(24)21-18-23-22-17(25-18)11-14-4-2-3-5-15(14)19;/h2-5,12-13,20H,6-11H2,1H3,(H,21,23,24);1H. The fourth-order valence-corrected chi connectivity index (χ4v) is 4.00. The summed E-state index contributed by atoms with van der Waals surface area (Å²) in [5.74, 6) is 0.671. The van der Waals surface area contributed by atoms with E-state index in [-0.39, 0.29) is 24.1 Å². The molecule has 1 unspecified atom stereocenters. The normalized spacial score (nSPS) is 15.9. The first-order valence-corrected chi connectivity index (χ1v) is 9.50. The van der Waals surface area contributed by atoms with Gasteiger partial charge < -0.3 is 10.6 Å². The third kappa shape index (κ3) is 5.72. The van der Waals surface area contributed by atoms with Crippen LogP contribution in [0.15, 0.2) is 24.3 Å². The van der Waals surface area contributed by atoms with Crippen LogP contribution in [0.4, 0.5) is 9.52 Å². The Labute approximate surface area is 163 Å². The van der Waals surface area contributed by atoms with E-state index in [2.05, 4.69) is 27.8 Å². The van der Waals surface area contributed by atoms with Crippen molar-refractivity contribution in [1.82, 2.24) is 15.5 Å². The number of piperidine rings is 1. The predicted molar refractivity (Wildman–Crippen MR) is 104 cm³/mol. The maximum Gasteiger partial charge on any atom is 0.226 e. The molecule has 1 aromatic heterocycles. The molecule has 0 aliphatic carbocycles. The van der Waals surface area contributed by atoms with Gasteiger partial charge >= 0.3 is 0 Å². The van der Waals surface area contributed by atoms with Crippen LogP contribution in [0.25, 0.3) is 0 Å². The second-order valence-electron chi connectivity index (χ2n) is 6.59. The van der Waals surface area contributed by atoms with E-state index in [1.807, 2.05) is 0 Å². The number of anilines is 1. The molecule has 0 bridgehead atoms. The van der Waals surface area contributed by atoms with Crippen LogP contribution >= 0.6 is 23.7 Å². The van der Waals surface area contributed by atoms with Crippen molar-refractivity contribution in [3.63, 3.8) is 0 Å². The molecule has 142 valence electrons. The number of carbonyl (C=O) groups is 1. The molecule has 5 nitrogen and oxygen atoms in total. The van der Waals surface area contributed by atoms with Crippen molar-refractivity contribution >= 4 is 34.8 Å². The van der Waals surface area contributed by atoms with Crippen molar-refractivity contribution in [2.75, 3.05) is 18.4 Å². The van der Waals surface area contributed by atoms with Crippen LogP contribution in [0.1, 0.15) is 36.8 Å². The zero-order chi connectivity index (χ0) is 17.6. The van der Waals surface area contributed by atoms with Gasteiger partial charge in [0.05, 0.1) is 0 Å². The Balaban J connectivity index is 0.00000243. The van der Waals surface area contributed by atoms with Crippen LogP contribution in [0.5, 0.6) is 0 Å². The number of aromatic nitrogens is 2. The summed E-state index contributed by atoms with van der Waals surface area (Å²) in [6.45, 7) is 4.21. The summed E-state index contributed by atoms with van der Waals surface area (Å²) in [6.07, 6.45) is 3.12. The van der Waals surface area contributed by atoms with E-state index < -0.39 is 0 Å². The molecule has 8 heteroatoms. The lowest BCUT2D eigenvalue weighted by Gasteiger charge is -2.27. The van der Waals surface area contributed by atoms with Crippen molar-refractivity contribution in [2.45, 2.75) is 32.6 Å². The highest BCUT2D eigenvalue weighted by atomic mass is 35.5. The van der Waals surface area contributed by atoms with Crippen molar-refractivity contribution in [1.29, 1.82) is 0 Å². The van der Waals surface area contributed by atoms with E-state index in [0.29, 0.717) is 40.4 Å². The van der Waals surface area contributed by atoms with Gasteiger partial charge in [-0.1, -0.05) is 36.5 Å². The number of benzene rings is 1. The quantitative estimate of drug-likeness (QED) is 0.779.